The molecule has 0 amide bonds. The number of rotatable bonds is 4. The maximum absolute atomic E-state index is 2.53. The lowest BCUT2D eigenvalue weighted by molar-refractivity contribution is 0.404. The molecule has 0 spiro atoms. The summed E-state index contributed by atoms with van der Waals surface area (Å²) in [4.78, 5) is 0. The summed E-state index contributed by atoms with van der Waals surface area (Å²) in [6, 6.07) is 11.1. The Hall–Kier alpha value is -1.34. The zero-order valence-electron chi connectivity index (χ0n) is 14.4. The fraction of sp³-hybridized carbons (Fsp3) is 0.429. The summed E-state index contributed by atoms with van der Waals surface area (Å²) in [7, 11) is -1.39. The molecule has 0 heterocycles. The zero-order chi connectivity index (χ0) is 15.8. The van der Waals surface area contributed by atoms with Crippen LogP contribution in [0.1, 0.15) is 31.7 Å². The Morgan fingerprint density at radius 2 is 1.82 bits per heavy atom. The molecular formula is C21H28Si. The third kappa shape index (κ3) is 2.56. The van der Waals surface area contributed by atoms with Crippen molar-refractivity contribution in [2.45, 2.75) is 45.8 Å². The number of allylic oxidation sites excluding steroid dienone is 6. The molecule has 0 N–H and O–H groups in total. The second kappa shape index (κ2) is 5.70. The molecule has 3 rings (SSSR count). The standard InChI is InChI=1S/C21H28Si/c1-5-14-21-15-10-9-13-18(16-21)19(20(21)22(2,3)4)17-11-7-6-8-12-17/h6-13,15,18H,5,14,16H2,1-4H3. The van der Waals surface area contributed by atoms with Crippen LogP contribution in [0.4, 0.5) is 0 Å². The highest BCUT2D eigenvalue weighted by atomic mass is 28.3. The lowest BCUT2D eigenvalue weighted by atomic mass is 9.81. The van der Waals surface area contributed by atoms with Crippen molar-refractivity contribution in [1.82, 2.24) is 0 Å². The van der Waals surface area contributed by atoms with E-state index in [-0.39, 0.29) is 0 Å². The number of hydrogen-bond acceptors (Lipinski definition) is 0. The lowest BCUT2D eigenvalue weighted by Gasteiger charge is -2.36. The number of fused-ring (bicyclic) bond motifs is 2. The van der Waals surface area contributed by atoms with Gasteiger partial charge in [0, 0.05) is 11.3 Å². The normalized spacial score (nSPS) is 27.4. The molecular weight excluding hydrogens is 280 g/mol. The molecule has 2 aliphatic carbocycles. The summed E-state index contributed by atoms with van der Waals surface area (Å²) in [6.07, 6.45) is 13.4. The van der Waals surface area contributed by atoms with E-state index >= 15 is 0 Å². The fourth-order valence-corrected chi connectivity index (χ4v) is 7.63. The molecule has 0 aromatic heterocycles. The van der Waals surface area contributed by atoms with Crippen LogP contribution in [0.15, 0.2) is 59.8 Å². The van der Waals surface area contributed by atoms with E-state index in [4.69, 9.17) is 0 Å². The molecule has 0 radical (unpaired) electrons. The molecule has 0 nitrogen and oxygen atoms in total. The van der Waals surface area contributed by atoms with Crippen molar-refractivity contribution in [3.05, 3.63) is 65.4 Å². The largest absolute Gasteiger partial charge is 0.0770 e. The first kappa shape index (κ1) is 15.5. The Balaban J connectivity index is 2.27. The summed E-state index contributed by atoms with van der Waals surface area (Å²) in [5.74, 6) is 0.589. The van der Waals surface area contributed by atoms with Crippen LogP contribution in [-0.2, 0) is 0 Å². The van der Waals surface area contributed by atoms with Gasteiger partial charge in [0.15, 0.2) is 0 Å². The van der Waals surface area contributed by atoms with Crippen LogP contribution in [0.25, 0.3) is 5.57 Å². The van der Waals surface area contributed by atoms with Crippen LogP contribution in [0, 0.1) is 11.3 Å². The minimum Gasteiger partial charge on any atom is -0.0770 e. The summed E-state index contributed by atoms with van der Waals surface area (Å²) in [5, 5.41) is 1.80. The van der Waals surface area contributed by atoms with Crippen LogP contribution in [0.3, 0.4) is 0 Å². The van der Waals surface area contributed by atoms with E-state index in [0.29, 0.717) is 11.3 Å². The summed E-state index contributed by atoms with van der Waals surface area (Å²) in [5.41, 5.74) is 3.40. The van der Waals surface area contributed by atoms with Gasteiger partial charge in [0.25, 0.3) is 0 Å². The van der Waals surface area contributed by atoms with Gasteiger partial charge in [-0.3, -0.25) is 0 Å². The minimum atomic E-state index is -1.39. The van der Waals surface area contributed by atoms with Gasteiger partial charge in [-0.15, -0.1) is 0 Å². The van der Waals surface area contributed by atoms with E-state index < -0.39 is 8.07 Å². The molecule has 116 valence electrons. The van der Waals surface area contributed by atoms with Crippen LogP contribution in [-0.4, -0.2) is 8.07 Å². The second-order valence-electron chi connectivity index (χ2n) is 7.87. The van der Waals surface area contributed by atoms with Gasteiger partial charge in [-0.1, -0.05) is 92.8 Å². The summed E-state index contributed by atoms with van der Waals surface area (Å²) >= 11 is 0. The molecule has 0 saturated carbocycles. The van der Waals surface area contributed by atoms with Crippen molar-refractivity contribution >= 4 is 13.6 Å². The molecule has 22 heavy (non-hydrogen) atoms. The molecule has 2 unspecified atom stereocenters. The Labute approximate surface area is 136 Å². The average molecular weight is 309 g/mol. The Bertz CT molecular complexity index is 628. The molecule has 2 atom stereocenters. The molecule has 2 bridgehead atoms. The van der Waals surface area contributed by atoms with Gasteiger partial charge in [0.05, 0.1) is 8.07 Å². The zero-order valence-corrected chi connectivity index (χ0v) is 15.4. The molecule has 1 aromatic rings. The SMILES string of the molecule is CCCC12C=CC=CC(C1)C(c1ccccc1)=C2[Si](C)(C)C. The molecule has 2 aliphatic rings. The number of benzene rings is 1. The Kier molecular flexibility index (Phi) is 4.03. The predicted molar refractivity (Wildman–Crippen MR) is 100 cm³/mol. The highest BCUT2D eigenvalue weighted by molar-refractivity contribution is 6.84. The first-order valence-corrected chi connectivity index (χ1v) is 12.1. The van der Waals surface area contributed by atoms with Gasteiger partial charge in [0.2, 0.25) is 0 Å². The molecule has 0 saturated heterocycles. The monoisotopic (exact) mass is 308 g/mol. The second-order valence-corrected chi connectivity index (χ2v) is 12.9. The van der Waals surface area contributed by atoms with Crippen molar-refractivity contribution in [3.63, 3.8) is 0 Å². The fourth-order valence-electron chi connectivity index (χ4n) is 4.69. The molecule has 0 aliphatic heterocycles. The highest BCUT2D eigenvalue weighted by Gasteiger charge is 2.47. The molecule has 0 fully saturated rings. The summed E-state index contributed by atoms with van der Waals surface area (Å²) < 4.78 is 0. The van der Waals surface area contributed by atoms with Crippen molar-refractivity contribution < 1.29 is 0 Å². The average Bonchev–Trinajstić information content (AvgIpc) is 2.63. The van der Waals surface area contributed by atoms with E-state index in [0.717, 1.165) is 0 Å². The van der Waals surface area contributed by atoms with Crippen LogP contribution in [0.2, 0.25) is 19.6 Å². The van der Waals surface area contributed by atoms with Crippen molar-refractivity contribution in [2.24, 2.45) is 11.3 Å². The predicted octanol–water partition coefficient (Wildman–Crippen LogP) is 6.25. The van der Waals surface area contributed by atoms with Gasteiger partial charge < -0.3 is 0 Å². The van der Waals surface area contributed by atoms with E-state index in [1.165, 1.54) is 24.8 Å². The van der Waals surface area contributed by atoms with Crippen molar-refractivity contribution in [3.8, 4) is 0 Å². The summed E-state index contributed by atoms with van der Waals surface area (Å²) in [6.45, 7) is 9.91. The van der Waals surface area contributed by atoms with Gasteiger partial charge in [-0.2, -0.15) is 0 Å². The van der Waals surface area contributed by atoms with Crippen LogP contribution >= 0.6 is 0 Å². The van der Waals surface area contributed by atoms with Gasteiger partial charge in [0.1, 0.15) is 0 Å². The van der Waals surface area contributed by atoms with Crippen LogP contribution < -0.4 is 0 Å². The third-order valence-corrected chi connectivity index (χ3v) is 7.39. The van der Waals surface area contributed by atoms with Gasteiger partial charge >= 0.3 is 0 Å². The van der Waals surface area contributed by atoms with Crippen molar-refractivity contribution in [2.75, 3.05) is 0 Å². The van der Waals surface area contributed by atoms with Crippen molar-refractivity contribution in [1.29, 1.82) is 0 Å². The minimum absolute atomic E-state index is 0.304. The first-order valence-electron chi connectivity index (χ1n) is 8.64. The number of hydrogen-bond donors (Lipinski definition) is 0. The van der Waals surface area contributed by atoms with E-state index in [1.807, 2.05) is 0 Å². The van der Waals surface area contributed by atoms with Gasteiger partial charge in [-0.25, -0.2) is 0 Å². The molecule has 1 aromatic carbocycles. The Morgan fingerprint density at radius 3 is 2.45 bits per heavy atom. The topological polar surface area (TPSA) is 0 Å². The first-order chi connectivity index (χ1) is 10.5. The van der Waals surface area contributed by atoms with E-state index in [2.05, 4.69) is 81.2 Å². The van der Waals surface area contributed by atoms with E-state index in [1.54, 1.807) is 10.8 Å². The third-order valence-electron chi connectivity index (χ3n) is 5.12. The molecule has 1 heteroatoms. The van der Waals surface area contributed by atoms with Gasteiger partial charge in [-0.05, 0) is 24.0 Å². The maximum atomic E-state index is 2.53. The Morgan fingerprint density at radius 1 is 1.09 bits per heavy atom. The van der Waals surface area contributed by atoms with E-state index in [9.17, 15) is 0 Å². The lowest BCUT2D eigenvalue weighted by Crippen LogP contribution is -2.34. The smallest absolute Gasteiger partial charge is 0.0740 e. The maximum Gasteiger partial charge on any atom is 0.0740 e. The highest BCUT2D eigenvalue weighted by Crippen LogP contribution is 2.57. The van der Waals surface area contributed by atoms with Crippen LogP contribution in [0.5, 0.6) is 0 Å². The quantitative estimate of drug-likeness (QED) is 0.577.